The summed E-state index contributed by atoms with van der Waals surface area (Å²) in [7, 11) is 0. The molecule has 1 aromatic carbocycles. The van der Waals surface area contributed by atoms with Gasteiger partial charge in [0.15, 0.2) is 11.5 Å². The first-order valence-corrected chi connectivity index (χ1v) is 9.25. The molecule has 3 heterocycles. The number of hydrogen-bond donors (Lipinski definition) is 1. The number of nitrogens with one attached hydrogen (secondary N) is 1. The lowest BCUT2D eigenvalue weighted by atomic mass is 10.1. The number of nitrogens with zero attached hydrogens (tertiary/aromatic N) is 2. The van der Waals surface area contributed by atoms with E-state index in [4.69, 9.17) is 14.2 Å². The average Bonchev–Trinajstić information content (AvgIpc) is 2.73. The van der Waals surface area contributed by atoms with Gasteiger partial charge in [-0.1, -0.05) is 6.07 Å². The third kappa shape index (κ3) is 4.49. The summed E-state index contributed by atoms with van der Waals surface area (Å²) in [6.45, 7) is 4.26. The van der Waals surface area contributed by atoms with Crippen molar-refractivity contribution < 1.29 is 19.0 Å². The molecule has 7 nitrogen and oxygen atoms in total. The van der Waals surface area contributed by atoms with Crippen LogP contribution in [0.1, 0.15) is 12.0 Å². The van der Waals surface area contributed by atoms with E-state index in [1.165, 1.54) is 0 Å². The van der Waals surface area contributed by atoms with E-state index in [9.17, 15) is 4.79 Å². The van der Waals surface area contributed by atoms with Gasteiger partial charge in [-0.25, -0.2) is 4.98 Å². The Balaban J connectivity index is 1.29. The molecule has 7 heteroatoms. The number of rotatable bonds is 5. The monoisotopic (exact) mass is 369 g/mol. The first-order chi connectivity index (χ1) is 13.3. The summed E-state index contributed by atoms with van der Waals surface area (Å²) in [5.41, 5.74) is 1.76. The molecule has 1 saturated heterocycles. The van der Waals surface area contributed by atoms with Gasteiger partial charge >= 0.3 is 0 Å². The second kappa shape index (κ2) is 8.26. The van der Waals surface area contributed by atoms with Gasteiger partial charge in [0.1, 0.15) is 19.0 Å². The summed E-state index contributed by atoms with van der Waals surface area (Å²) < 4.78 is 16.4. The number of aromatic nitrogens is 1. The zero-order valence-corrected chi connectivity index (χ0v) is 15.1. The van der Waals surface area contributed by atoms with Crippen LogP contribution in [0.5, 0.6) is 11.5 Å². The normalized spacial score (nSPS) is 16.1. The van der Waals surface area contributed by atoms with Crippen molar-refractivity contribution >= 4 is 17.4 Å². The van der Waals surface area contributed by atoms with Crippen LogP contribution in [0, 0.1) is 0 Å². The van der Waals surface area contributed by atoms with Crippen LogP contribution >= 0.6 is 0 Å². The Morgan fingerprint density at radius 1 is 1.04 bits per heavy atom. The fourth-order valence-corrected chi connectivity index (χ4v) is 3.16. The summed E-state index contributed by atoms with van der Waals surface area (Å²) in [5, 5.41) is 2.90. The zero-order valence-electron chi connectivity index (χ0n) is 15.1. The first kappa shape index (κ1) is 17.6. The van der Waals surface area contributed by atoms with Crippen LogP contribution in [-0.2, 0) is 16.0 Å². The van der Waals surface area contributed by atoms with Gasteiger partial charge in [-0.15, -0.1) is 0 Å². The molecular formula is C20H23N3O4. The number of amides is 1. The van der Waals surface area contributed by atoms with Crippen LogP contribution in [0.2, 0.25) is 0 Å². The number of anilines is 2. The van der Waals surface area contributed by atoms with E-state index in [0.29, 0.717) is 31.7 Å². The summed E-state index contributed by atoms with van der Waals surface area (Å²) in [6.07, 6.45) is 2.74. The Morgan fingerprint density at radius 3 is 2.63 bits per heavy atom. The molecule has 1 aromatic heterocycles. The molecule has 0 unspecified atom stereocenters. The summed E-state index contributed by atoms with van der Waals surface area (Å²) in [6, 6.07) is 9.64. The molecule has 0 spiro atoms. The fraction of sp³-hybridized carbons (Fsp3) is 0.400. The van der Waals surface area contributed by atoms with Crippen LogP contribution in [-0.4, -0.2) is 50.4 Å². The highest BCUT2D eigenvalue weighted by Gasteiger charge is 2.14. The molecule has 1 N–H and O–H groups in total. The molecule has 0 aliphatic carbocycles. The van der Waals surface area contributed by atoms with Crippen molar-refractivity contribution in [2.45, 2.75) is 12.8 Å². The van der Waals surface area contributed by atoms with E-state index in [2.05, 4.69) is 15.2 Å². The largest absolute Gasteiger partial charge is 0.486 e. The van der Waals surface area contributed by atoms with Gasteiger partial charge < -0.3 is 24.4 Å². The molecule has 0 saturated carbocycles. The Kier molecular flexibility index (Phi) is 5.39. The minimum Gasteiger partial charge on any atom is -0.486 e. The van der Waals surface area contributed by atoms with E-state index in [1.54, 1.807) is 6.20 Å². The number of hydrogen-bond acceptors (Lipinski definition) is 6. The maximum Gasteiger partial charge on any atom is 0.224 e. The van der Waals surface area contributed by atoms with Gasteiger partial charge in [0.25, 0.3) is 0 Å². The Hall–Kier alpha value is -2.80. The number of aryl methyl sites for hydroxylation is 1. The number of carbonyl (C=O) groups is 1. The highest BCUT2D eigenvalue weighted by Crippen LogP contribution is 2.31. The second-order valence-corrected chi connectivity index (χ2v) is 6.53. The molecule has 27 heavy (non-hydrogen) atoms. The third-order valence-electron chi connectivity index (χ3n) is 4.61. The van der Waals surface area contributed by atoms with E-state index in [0.717, 1.165) is 49.2 Å². The Labute approximate surface area is 158 Å². The van der Waals surface area contributed by atoms with Gasteiger partial charge in [-0.2, -0.15) is 0 Å². The third-order valence-corrected chi connectivity index (χ3v) is 4.61. The second-order valence-electron chi connectivity index (χ2n) is 6.53. The van der Waals surface area contributed by atoms with Crippen molar-refractivity contribution in [3.05, 3.63) is 42.1 Å². The fourth-order valence-electron chi connectivity index (χ4n) is 3.16. The van der Waals surface area contributed by atoms with Crippen LogP contribution in [0.25, 0.3) is 0 Å². The summed E-state index contributed by atoms with van der Waals surface area (Å²) in [4.78, 5) is 18.9. The molecule has 142 valence electrons. The Bertz CT molecular complexity index is 788. The number of morpholine rings is 1. The first-order valence-electron chi connectivity index (χ1n) is 9.25. The summed E-state index contributed by atoms with van der Waals surface area (Å²) >= 11 is 0. The SMILES string of the molecule is O=C(CCc1ccc2c(c1)OCCO2)Nc1ccc(N2CCOCC2)nc1. The van der Waals surface area contributed by atoms with Crippen molar-refractivity contribution in [3.8, 4) is 11.5 Å². The topological polar surface area (TPSA) is 72.9 Å². The number of pyridine rings is 1. The minimum atomic E-state index is -0.0363. The molecule has 0 radical (unpaired) electrons. The van der Waals surface area contributed by atoms with Gasteiger partial charge in [0, 0.05) is 19.5 Å². The van der Waals surface area contributed by atoms with Crippen molar-refractivity contribution in [3.63, 3.8) is 0 Å². The Morgan fingerprint density at radius 2 is 1.85 bits per heavy atom. The lowest BCUT2D eigenvalue weighted by Crippen LogP contribution is -2.36. The number of benzene rings is 1. The predicted molar refractivity (Wildman–Crippen MR) is 102 cm³/mol. The van der Waals surface area contributed by atoms with E-state index in [1.807, 2.05) is 30.3 Å². The number of carbonyl (C=O) groups excluding carboxylic acids is 1. The van der Waals surface area contributed by atoms with E-state index < -0.39 is 0 Å². The number of fused-ring (bicyclic) bond motifs is 1. The van der Waals surface area contributed by atoms with E-state index >= 15 is 0 Å². The quantitative estimate of drug-likeness (QED) is 0.872. The number of ether oxygens (including phenoxy) is 3. The zero-order chi connectivity index (χ0) is 18.5. The van der Waals surface area contributed by atoms with Crippen molar-refractivity contribution in [2.75, 3.05) is 49.7 Å². The van der Waals surface area contributed by atoms with Gasteiger partial charge in [-0.05, 0) is 36.2 Å². The molecule has 4 rings (SSSR count). The molecule has 2 aliphatic heterocycles. The summed E-state index contributed by atoms with van der Waals surface area (Å²) in [5.74, 6) is 2.39. The lowest BCUT2D eigenvalue weighted by Gasteiger charge is -2.27. The van der Waals surface area contributed by atoms with Crippen LogP contribution in [0.15, 0.2) is 36.5 Å². The van der Waals surface area contributed by atoms with Crippen molar-refractivity contribution in [1.82, 2.24) is 4.98 Å². The molecule has 1 amide bonds. The minimum absolute atomic E-state index is 0.0363. The molecule has 0 bridgehead atoms. The predicted octanol–water partition coefficient (Wildman–Crippen LogP) is 2.26. The van der Waals surface area contributed by atoms with Crippen molar-refractivity contribution in [1.29, 1.82) is 0 Å². The van der Waals surface area contributed by atoms with Crippen molar-refractivity contribution in [2.24, 2.45) is 0 Å². The molecule has 2 aliphatic rings. The van der Waals surface area contributed by atoms with Crippen LogP contribution in [0.4, 0.5) is 11.5 Å². The van der Waals surface area contributed by atoms with Gasteiger partial charge in [-0.3, -0.25) is 4.79 Å². The molecule has 0 atom stereocenters. The van der Waals surface area contributed by atoms with Gasteiger partial charge in [0.05, 0.1) is 25.1 Å². The maximum atomic E-state index is 12.2. The standard InChI is InChI=1S/C20H23N3O4/c24-20(6-2-15-1-4-17-18(13-15)27-12-11-26-17)22-16-3-5-19(21-14-16)23-7-9-25-10-8-23/h1,3-5,13-14H,2,6-12H2,(H,22,24). The van der Waals surface area contributed by atoms with Crippen LogP contribution in [0.3, 0.4) is 0 Å². The highest BCUT2D eigenvalue weighted by molar-refractivity contribution is 5.90. The molecule has 2 aromatic rings. The van der Waals surface area contributed by atoms with Gasteiger partial charge in [0.2, 0.25) is 5.91 Å². The van der Waals surface area contributed by atoms with Crippen LogP contribution < -0.4 is 19.7 Å². The molecule has 1 fully saturated rings. The smallest absolute Gasteiger partial charge is 0.224 e. The van der Waals surface area contributed by atoms with E-state index in [-0.39, 0.29) is 5.91 Å². The average molecular weight is 369 g/mol. The molecular weight excluding hydrogens is 346 g/mol. The highest BCUT2D eigenvalue weighted by atomic mass is 16.6. The maximum absolute atomic E-state index is 12.2. The lowest BCUT2D eigenvalue weighted by molar-refractivity contribution is -0.116.